The first-order valence-corrected chi connectivity index (χ1v) is 8.07. The summed E-state index contributed by atoms with van der Waals surface area (Å²) < 4.78 is 25.8. The number of carbonyl (C=O) groups is 1. The number of benzene rings is 1. The van der Waals surface area contributed by atoms with Crippen molar-refractivity contribution in [3.05, 3.63) is 29.1 Å². The van der Waals surface area contributed by atoms with Crippen molar-refractivity contribution in [2.45, 2.75) is 6.92 Å². The number of rotatable bonds is 4. The number of nitrogens with zero attached hydrogens (tertiary/aromatic N) is 1. The molecule has 0 saturated heterocycles. The first kappa shape index (κ1) is 13.8. The number of carbonyl (C=O) groups excluding carboxylic acids is 1. The summed E-state index contributed by atoms with van der Waals surface area (Å²) in [4.78, 5) is 11.6. The molecule has 0 aliphatic heterocycles. The van der Waals surface area contributed by atoms with Crippen LogP contribution in [-0.4, -0.2) is 27.1 Å². The van der Waals surface area contributed by atoms with E-state index in [1.807, 2.05) is 0 Å². The van der Waals surface area contributed by atoms with Gasteiger partial charge < -0.3 is 5.73 Å². The van der Waals surface area contributed by atoms with E-state index in [9.17, 15) is 13.2 Å². The first-order valence-electron chi connectivity index (χ1n) is 5.65. The van der Waals surface area contributed by atoms with Gasteiger partial charge in [-0.2, -0.15) is 0 Å². The molecule has 1 amide bonds. The van der Waals surface area contributed by atoms with Crippen molar-refractivity contribution in [1.82, 2.24) is 0 Å². The molecule has 0 atom stereocenters. The Labute approximate surface area is 115 Å². The molecule has 1 aromatic heterocycles. The number of nitrogens with two attached hydrogens (primary N) is 1. The summed E-state index contributed by atoms with van der Waals surface area (Å²) in [5.41, 5.74) is 5.80. The van der Waals surface area contributed by atoms with Crippen LogP contribution in [0, 0.1) is 0 Å². The average molecular weight is 298 g/mol. The molecule has 0 bridgehead atoms. The Hall–Kier alpha value is -1.60. The molecule has 1 heterocycles. The second-order valence-electron chi connectivity index (χ2n) is 4.07. The van der Waals surface area contributed by atoms with Gasteiger partial charge >= 0.3 is 0 Å². The molecule has 0 aliphatic rings. The zero-order chi connectivity index (χ0) is 14.2. The number of primary amides is 1. The number of thiophene rings is 1. The van der Waals surface area contributed by atoms with E-state index < -0.39 is 15.9 Å². The zero-order valence-electron chi connectivity index (χ0n) is 10.6. The minimum Gasteiger partial charge on any atom is -0.365 e. The average Bonchev–Trinajstić information content (AvgIpc) is 2.80. The van der Waals surface area contributed by atoms with Crippen molar-refractivity contribution in [3.63, 3.8) is 0 Å². The predicted molar refractivity (Wildman–Crippen MR) is 78.2 cm³/mol. The van der Waals surface area contributed by atoms with E-state index in [2.05, 4.69) is 0 Å². The topological polar surface area (TPSA) is 80.5 Å². The molecule has 5 nitrogen and oxygen atoms in total. The Kier molecular flexibility index (Phi) is 3.51. The van der Waals surface area contributed by atoms with Gasteiger partial charge in [0.15, 0.2) is 0 Å². The van der Waals surface area contributed by atoms with E-state index in [1.54, 1.807) is 31.2 Å². The third-order valence-electron chi connectivity index (χ3n) is 2.89. The van der Waals surface area contributed by atoms with E-state index in [0.29, 0.717) is 10.6 Å². The third-order valence-corrected chi connectivity index (χ3v) is 5.79. The lowest BCUT2D eigenvalue weighted by molar-refractivity contribution is 0.100. The number of amides is 1. The summed E-state index contributed by atoms with van der Waals surface area (Å²) in [5.74, 6) is -0.435. The molecule has 0 spiro atoms. The SMILES string of the molecule is CCS(=O)(=O)N(C)c1ccc2sc(C(N)=O)cc2c1. The van der Waals surface area contributed by atoms with Gasteiger partial charge in [-0.25, -0.2) is 8.42 Å². The van der Waals surface area contributed by atoms with Gasteiger partial charge in [0.05, 0.1) is 16.3 Å². The molecule has 0 radical (unpaired) electrons. The highest BCUT2D eigenvalue weighted by Gasteiger charge is 2.16. The Morgan fingerprint density at radius 1 is 1.37 bits per heavy atom. The van der Waals surface area contributed by atoms with Crippen LogP contribution in [0.4, 0.5) is 5.69 Å². The lowest BCUT2D eigenvalue weighted by atomic mass is 10.2. The quantitative estimate of drug-likeness (QED) is 0.934. The lowest BCUT2D eigenvalue weighted by Gasteiger charge is -2.18. The van der Waals surface area contributed by atoms with Crippen molar-refractivity contribution >= 4 is 43.0 Å². The van der Waals surface area contributed by atoms with Crippen LogP contribution < -0.4 is 10.0 Å². The maximum Gasteiger partial charge on any atom is 0.258 e. The van der Waals surface area contributed by atoms with Gasteiger partial charge in [-0.15, -0.1) is 11.3 Å². The van der Waals surface area contributed by atoms with Crippen molar-refractivity contribution in [3.8, 4) is 0 Å². The van der Waals surface area contributed by atoms with Gasteiger partial charge in [-0.1, -0.05) is 0 Å². The Morgan fingerprint density at radius 3 is 2.63 bits per heavy atom. The summed E-state index contributed by atoms with van der Waals surface area (Å²) in [6.07, 6.45) is 0. The Morgan fingerprint density at radius 2 is 2.05 bits per heavy atom. The minimum absolute atomic E-state index is 0.0394. The van der Waals surface area contributed by atoms with Crippen LogP contribution in [0.1, 0.15) is 16.6 Å². The van der Waals surface area contributed by atoms with Crippen LogP contribution in [0.15, 0.2) is 24.3 Å². The van der Waals surface area contributed by atoms with Crippen molar-refractivity contribution in [2.24, 2.45) is 5.73 Å². The highest BCUT2D eigenvalue weighted by Crippen LogP contribution is 2.29. The van der Waals surface area contributed by atoms with Gasteiger partial charge in [-0.05, 0) is 36.6 Å². The Bertz CT molecular complexity index is 735. The molecule has 1 aromatic carbocycles. The standard InChI is InChI=1S/C12H14N2O3S2/c1-3-19(16,17)14(2)9-4-5-10-8(6-9)7-11(18-10)12(13)15/h4-7H,3H2,1-2H3,(H2,13,15). The van der Waals surface area contributed by atoms with Gasteiger partial charge in [0.25, 0.3) is 5.91 Å². The molecule has 2 N–H and O–H groups in total. The molecular weight excluding hydrogens is 284 g/mol. The zero-order valence-corrected chi connectivity index (χ0v) is 12.2. The van der Waals surface area contributed by atoms with Gasteiger partial charge in [-0.3, -0.25) is 9.10 Å². The summed E-state index contributed by atoms with van der Waals surface area (Å²) in [6, 6.07) is 6.93. The normalized spacial score (nSPS) is 11.7. The fourth-order valence-corrected chi connectivity index (χ4v) is 3.42. The number of fused-ring (bicyclic) bond motifs is 1. The molecule has 7 heteroatoms. The second kappa shape index (κ2) is 4.82. The number of anilines is 1. The molecule has 19 heavy (non-hydrogen) atoms. The minimum atomic E-state index is -3.28. The van der Waals surface area contributed by atoms with Crippen molar-refractivity contribution < 1.29 is 13.2 Å². The maximum atomic E-state index is 11.8. The highest BCUT2D eigenvalue weighted by atomic mass is 32.2. The molecule has 0 aliphatic carbocycles. The van der Waals surface area contributed by atoms with Gasteiger partial charge in [0, 0.05) is 11.7 Å². The fourth-order valence-electron chi connectivity index (χ4n) is 1.70. The number of sulfonamides is 1. The summed E-state index contributed by atoms with van der Waals surface area (Å²) >= 11 is 1.30. The predicted octanol–water partition coefficient (Wildman–Crippen LogP) is 1.79. The van der Waals surface area contributed by atoms with Crippen LogP contribution in [0.2, 0.25) is 0 Å². The second-order valence-corrected chi connectivity index (χ2v) is 7.44. The number of hydrogen-bond donors (Lipinski definition) is 1. The molecule has 0 fully saturated rings. The van der Waals surface area contributed by atoms with E-state index in [4.69, 9.17) is 5.73 Å². The summed E-state index contributed by atoms with van der Waals surface area (Å²) in [7, 11) is -1.77. The largest absolute Gasteiger partial charge is 0.365 e. The van der Waals surface area contributed by atoms with Gasteiger partial charge in [0.1, 0.15) is 0 Å². The number of hydrogen-bond acceptors (Lipinski definition) is 4. The van der Waals surface area contributed by atoms with Crippen LogP contribution in [0.3, 0.4) is 0 Å². The van der Waals surface area contributed by atoms with Gasteiger partial charge in [0.2, 0.25) is 10.0 Å². The van der Waals surface area contributed by atoms with E-state index in [1.165, 1.54) is 22.7 Å². The monoisotopic (exact) mass is 298 g/mol. The smallest absolute Gasteiger partial charge is 0.258 e. The molecule has 2 aromatic rings. The summed E-state index contributed by atoms with van der Waals surface area (Å²) in [6.45, 7) is 1.60. The van der Waals surface area contributed by atoms with Crippen LogP contribution >= 0.6 is 11.3 Å². The molecule has 0 unspecified atom stereocenters. The van der Waals surface area contributed by atoms with E-state index >= 15 is 0 Å². The van der Waals surface area contributed by atoms with E-state index in [-0.39, 0.29) is 5.75 Å². The van der Waals surface area contributed by atoms with Crippen molar-refractivity contribution in [1.29, 1.82) is 0 Å². The third kappa shape index (κ3) is 2.57. The molecule has 102 valence electrons. The van der Waals surface area contributed by atoms with Crippen molar-refractivity contribution in [2.75, 3.05) is 17.1 Å². The van der Waals surface area contributed by atoms with E-state index in [0.717, 1.165) is 10.1 Å². The summed E-state index contributed by atoms with van der Waals surface area (Å²) in [5, 5.41) is 0.814. The molecule has 0 saturated carbocycles. The highest BCUT2D eigenvalue weighted by molar-refractivity contribution is 7.92. The Balaban J connectivity index is 2.50. The lowest BCUT2D eigenvalue weighted by Crippen LogP contribution is -2.27. The van der Waals surface area contributed by atoms with Crippen LogP contribution in [0.25, 0.3) is 10.1 Å². The van der Waals surface area contributed by atoms with Crippen LogP contribution in [-0.2, 0) is 10.0 Å². The van der Waals surface area contributed by atoms with Crippen LogP contribution in [0.5, 0.6) is 0 Å². The first-order chi connectivity index (χ1) is 8.85. The maximum absolute atomic E-state index is 11.8. The fraction of sp³-hybridized carbons (Fsp3) is 0.250. The molecular formula is C12H14N2O3S2. The molecule has 2 rings (SSSR count).